The maximum atomic E-state index is 12.3. The van der Waals surface area contributed by atoms with Gasteiger partial charge < -0.3 is 19.5 Å². The number of amides is 1. The summed E-state index contributed by atoms with van der Waals surface area (Å²) in [7, 11) is 3.04. The number of aliphatic hydroxyl groups is 1. The van der Waals surface area contributed by atoms with Gasteiger partial charge >= 0.3 is 6.09 Å². The van der Waals surface area contributed by atoms with E-state index in [-0.39, 0.29) is 18.1 Å². The van der Waals surface area contributed by atoms with Gasteiger partial charge in [0, 0.05) is 18.0 Å². The van der Waals surface area contributed by atoms with E-state index in [9.17, 15) is 9.90 Å². The number of carbonyl (C=O) groups excluding carboxylic acids is 1. The third-order valence-electron chi connectivity index (χ3n) is 5.43. The van der Waals surface area contributed by atoms with Crippen molar-refractivity contribution in [3.63, 3.8) is 0 Å². The molecule has 0 spiro atoms. The number of likely N-dealkylation sites (tertiary alicyclic amines) is 1. The zero-order valence-corrected chi connectivity index (χ0v) is 13.8. The highest BCUT2D eigenvalue weighted by Crippen LogP contribution is 2.50. The monoisotopic (exact) mass is 319 g/mol. The zero-order chi connectivity index (χ0) is 16.4. The maximum absolute atomic E-state index is 12.3. The van der Waals surface area contributed by atoms with Crippen molar-refractivity contribution in [1.82, 2.24) is 4.90 Å². The van der Waals surface area contributed by atoms with Crippen molar-refractivity contribution < 1.29 is 19.4 Å². The van der Waals surface area contributed by atoms with Crippen LogP contribution < -0.4 is 4.74 Å². The van der Waals surface area contributed by atoms with Crippen LogP contribution in [0.3, 0.4) is 0 Å². The van der Waals surface area contributed by atoms with Crippen molar-refractivity contribution in [2.24, 2.45) is 5.92 Å². The van der Waals surface area contributed by atoms with E-state index in [2.05, 4.69) is 0 Å². The molecule has 0 bridgehead atoms. The number of ether oxygens (including phenoxy) is 2. The number of nitrogens with zero attached hydrogens (tertiary/aromatic N) is 1. The van der Waals surface area contributed by atoms with Crippen LogP contribution in [0.2, 0.25) is 0 Å². The van der Waals surface area contributed by atoms with Crippen LogP contribution in [0.5, 0.6) is 5.75 Å². The highest BCUT2D eigenvalue weighted by atomic mass is 16.5. The Labute approximate surface area is 137 Å². The summed E-state index contributed by atoms with van der Waals surface area (Å²) in [5, 5.41) is 11.1. The Morgan fingerprint density at radius 2 is 2.04 bits per heavy atom. The Balaban J connectivity index is 2.06. The van der Waals surface area contributed by atoms with Gasteiger partial charge in [-0.2, -0.15) is 0 Å². The second kappa shape index (κ2) is 6.40. The SMILES string of the molecule is COC(=O)N1CCC2(O)CCCCC2C1c1ccccc1OC. The summed E-state index contributed by atoms with van der Waals surface area (Å²) in [5.74, 6) is 0.765. The largest absolute Gasteiger partial charge is 0.496 e. The molecule has 1 saturated heterocycles. The summed E-state index contributed by atoms with van der Waals surface area (Å²) < 4.78 is 10.5. The molecule has 5 nitrogen and oxygen atoms in total. The lowest BCUT2D eigenvalue weighted by atomic mass is 9.66. The average molecular weight is 319 g/mol. The minimum atomic E-state index is -0.700. The summed E-state index contributed by atoms with van der Waals surface area (Å²) in [5.41, 5.74) is 0.249. The molecule has 3 unspecified atom stereocenters. The predicted molar refractivity (Wildman–Crippen MR) is 86.4 cm³/mol. The van der Waals surface area contributed by atoms with E-state index >= 15 is 0 Å². The Morgan fingerprint density at radius 3 is 2.78 bits per heavy atom. The average Bonchev–Trinajstić information content (AvgIpc) is 2.59. The van der Waals surface area contributed by atoms with Gasteiger partial charge in [-0.25, -0.2) is 4.79 Å². The van der Waals surface area contributed by atoms with Gasteiger partial charge in [-0.05, 0) is 25.3 Å². The Morgan fingerprint density at radius 1 is 1.26 bits per heavy atom. The molecule has 1 amide bonds. The summed E-state index contributed by atoms with van der Waals surface area (Å²) in [6, 6.07) is 7.55. The molecule has 1 heterocycles. The van der Waals surface area contributed by atoms with Crippen molar-refractivity contribution in [2.75, 3.05) is 20.8 Å². The number of piperidine rings is 1. The number of benzene rings is 1. The highest BCUT2D eigenvalue weighted by Gasteiger charge is 2.51. The minimum absolute atomic E-state index is 0.0143. The lowest BCUT2D eigenvalue weighted by Crippen LogP contribution is -2.56. The van der Waals surface area contributed by atoms with Gasteiger partial charge in [-0.3, -0.25) is 0 Å². The molecule has 3 atom stereocenters. The number of carbonyl (C=O) groups is 1. The second-order valence-corrected chi connectivity index (χ2v) is 6.56. The molecule has 2 fully saturated rings. The van der Waals surface area contributed by atoms with Gasteiger partial charge in [0.15, 0.2) is 0 Å². The molecule has 0 radical (unpaired) electrons. The van der Waals surface area contributed by atoms with Crippen LogP contribution in [0.4, 0.5) is 4.79 Å². The molecule has 1 saturated carbocycles. The number of fused-ring (bicyclic) bond motifs is 1. The Hall–Kier alpha value is -1.75. The molecule has 1 N–H and O–H groups in total. The van der Waals surface area contributed by atoms with Crippen LogP contribution in [0, 0.1) is 5.92 Å². The van der Waals surface area contributed by atoms with E-state index < -0.39 is 5.60 Å². The van der Waals surface area contributed by atoms with Gasteiger partial charge in [-0.15, -0.1) is 0 Å². The Kier molecular flexibility index (Phi) is 4.48. The number of hydrogen-bond acceptors (Lipinski definition) is 4. The number of hydrogen-bond donors (Lipinski definition) is 1. The number of methoxy groups -OCH3 is 2. The predicted octanol–water partition coefficient (Wildman–Crippen LogP) is 3.13. The Bertz CT molecular complexity index is 576. The van der Waals surface area contributed by atoms with E-state index in [4.69, 9.17) is 9.47 Å². The van der Waals surface area contributed by atoms with Crippen molar-refractivity contribution in [1.29, 1.82) is 0 Å². The van der Waals surface area contributed by atoms with Crippen LogP contribution in [0.1, 0.15) is 43.7 Å². The van der Waals surface area contributed by atoms with Crippen molar-refractivity contribution in [2.45, 2.75) is 43.7 Å². The molecule has 2 aliphatic rings. The first kappa shape index (κ1) is 16.1. The fraction of sp³-hybridized carbons (Fsp3) is 0.611. The van der Waals surface area contributed by atoms with E-state index in [1.54, 1.807) is 12.0 Å². The molecule has 126 valence electrons. The first-order chi connectivity index (χ1) is 11.1. The molecular weight excluding hydrogens is 294 g/mol. The molecule has 1 aromatic rings. The van der Waals surface area contributed by atoms with E-state index in [0.717, 1.165) is 37.0 Å². The highest BCUT2D eigenvalue weighted by molar-refractivity contribution is 5.69. The zero-order valence-electron chi connectivity index (χ0n) is 13.8. The van der Waals surface area contributed by atoms with Crippen LogP contribution in [-0.2, 0) is 4.74 Å². The fourth-order valence-corrected chi connectivity index (χ4v) is 4.30. The molecule has 3 rings (SSSR count). The minimum Gasteiger partial charge on any atom is -0.496 e. The summed E-state index contributed by atoms with van der Waals surface area (Å²) in [6.45, 7) is 0.502. The van der Waals surface area contributed by atoms with E-state index in [0.29, 0.717) is 13.0 Å². The van der Waals surface area contributed by atoms with Crippen molar-refractivity contribution >= 4 is 6.09 Å². The van der Waals surface area contributed by atoms with Gasteiger partial charge in [0.1, 0.15) is 5.75 Å². The molecule has 1 aliphatic carbocycles. The van der Waals surface area contributed by atoms with E-state index in [1.165, 1.54) is 7.11 Å². The topological polar surface area (TPSA) is 59.0 Å². The first-order valence-electron chi connectivity index (χ1n) is 8.30. The molecule has 1 aromatic carbocycles. The van der Waals surface area contributed by atoms with Crippen molar-refractivity contribution in [3.8, 4) is 5.75 Å². The van der Waals surface area contributed by atoms with Gasteiger partial charge in [0.25, 0.3) is 0 Å². The second-order valence-electron chi connectivity index (χ2n) is 6.56. The van der Waals surface area contributed by atoms with Crippen molar-refractivity contribution in [3.05, 3.63) is 29.8 Å². The molecule has 1 aliphatic heterocycles. The van der Waals surface area contributed by atoms with Crippen LogP contribution in [-0.4, -0.2) is 42.5 Å². The lowest BCUT2D eigenvalue weighted by Gasteiger charge is -2.52. The van der Waals surface area contributed by atoms with E-state index in [1.807, 2.05) is 24.3 Å². The standard InChI is InChI=1S/C18H25NO4/c1-22-15-9-4-3-7-13(15)16-14-8-5-6-10-18(14,21)11-12-19(16)17(20)23-2/h3-4,7,9,14,16,21H,5-6,8,10-12H2,1-2H3. The lowest BCUT2D eigenvalue weighted by molar-refractivity contribution is -0.118. The fourth-order valence-electron chi connectivity index (χ4n) is 4.30. The summed E-state index contributed by atoms with van der Waals surface area (Å²) in [4.78, 5) is 14.1. The quantitative estimate of drug-likeness (QED) is 0.910. The van der Waals surface area contributed by atoms with Gasteiger partial charge in [-0.1, -0.05) is 31.0 Å². The smallest absolute Gasteiger partial charge is 0.410 e. The van der Waals surface area contributed by atoms with Crippen LogP contribution in [0.15, 0.2) is 24.3 Å². The summed E-state index contributed by atoms with van der Waals surface area (Å²) >= 11 is 0. The maximum Gasteiger partial charge on any atom is 0.410 e. The normalized spacial score (nSPS) is 30.5. The van der Waals surface area contributed by atoms with Crippen LogP contribution >= 0.6 is 0 Å². The summed E-state index contributed by atoms with van der Waals surface area (Å²) in [6.07, 6.45) is 4.11. The van der Waals surface area contributed by atoms with Crippen LogP contribution in [0.25, 0.3) is 0 Å². The molecule has 23 heavy (non-hydrogen) atoms. The number of para-hydroxylation sites is 1. The third kappa shape index (κ3) is 2.78. The first-order valence-corrected chi connectivity index (χ1v) is 8.30. The third-order valence-corrected chi connectivity index (χ3v) is 5.43. The molecule has 0 aromatic heterocycles. The molecule has 5 heteroatoms. The number of rotatable bonds is 2. The van der Waals surface area contributed by atoms with Gasteiger partial charge in [0.05, 0.1) is 25.9 Å². The van der Waals surface area contributed by atoms with Gasteiger partial charge in [0.2, 0.25) is 0 Å². The molecular formula is C18H25NO4.